The largest absolute Gasteiger partial charge is 0.490 e. The summed E-state index contributed by atoms with van der Waals surface area (Å²) in [5.74, 6) is 0.636. The Hall–Kier alpha value is -0.570. The van der Waals surface area contributed by atoms with Crippen molar-refractivity contribution in [3.63, 3.8) is 0 Å². The third kappa shape index (κ3) is 3.45. The second-order valence-corrected chi connectivity index (χ2v) is 1.98. The van der Waals surface area contributed by atoms with Crippen molar-refractivity contribution in [3.05, 3.63) is 11.8 Å². The van der Waals surface area contributed by atoms with Crippen LogP contribution in [0.25, 0.3) is 0 Å². The number of ether oxygens (including phenoxy) is 1. The number of hydrogen-bond donors (Lipinski definition) is 1. The van der Waals surface area contributed by atoms with Crippen LogP contribution in [0.2, 0.25) is 0 Å². The van der Waals surface area contributed by atoms with E-state index in [-0.39, 0.29) is 6.61 Å². The summed E-state index contributed by atoms with van der Waals surface area (Å²) in [4.78, 5) is 0. The Morgan fingerprint density at radius 3 is 2.70 bits per heavy atom. The molecular formula is C7H13FO2. The number of alkyl halides is 1. The van der Waals surface area contributed by atoms with Crippen LogP contribution in [-0.2, 0) is 4.74 Å². The fraction of sp³-hybridized carbons (Fsp3) is 0.714. The standard InChI is InChI=1S/C7H13FO2/c1-3-6(2)10-7(4-8)5-9/h3,7,9H,4-5H2,1-2H3/b6-3+/t7-/m0/s1. The van der Waals surface area contributed by atoms with E-state index in [9.17, 15) is 4.39 Å². The van der Waals surface area contributed by atoms with Crippen molar-refractivity contribution < 1.29 is 14.2 Å². The first-order valence-corrected chi connectivity index (χ1v) is 3.21. The van der Waals surface area contributed by atoms with Crippen LogP contribution in [0, 0.1) is 0 Å². The van der Waals surface area contributed by atoms with Crippen LogP contribution in [0.15, 0.2) is 11.8 Å². The highest BCUT2D eigenvalue weighted by molar-refractivity contribution is 4.85. The molecule has 0 spiro atoms. The first-order valence-electron chi connectivity index (χ1n) is 3.21. The molecule has 0 aromatic carbocycles. The number of hydrogen-bond acceptors (Lipinski definition) is 2. The predicted molar refractivity (Wildman–Crippen MR) is 37.4 cm³/mol. The Labute approximate surface area is 60.3 Å². The molecule has 0 aromatic rings. The Bertz CT molecular complexity index is 108. The van der Waals surface area contributed by atoms with Gasteiger partial charge in [0, 0.05) is 0 Å². The highest BCUT2D eigenvalue weighted by Crippen LogP contribution is 2.01. The van der Waals surface area contributed by atoms with Crippen LogP contribution in [0.3, 0.4) is 0 Å². The number of rotatable bonds is 4. The first-order chi connectivity index (χ1) is 4.74. The lowest BCUT2D eigenvalue weighted by molar-refractivity contribution is 0.0417. The molecule has 2 nitrogen and oxygen atoms in total. The first kappa shape index (κ1) is 9.43. The minimum absolute atomic E-state index is 0.276. The molecule has 1 N–H and O–H groups in total. The van der Waals surface area contributed by atoms with Gasteiger partial charge in [0.15, 0.2) is 0 Å². The van der Waals surface area contributed by atoms with Gasteiger partial charge in [-0.2, -0.15) is 0 Å². The van der Waals surface area contributed by atoms with Crippen molar-refractivity contribution in [1.82, 2.24) is 0 Å². The van der Waals surface area contributed by atoms with E-state index in [2.05, 4.69) is 0 Å². The van der Waals surface area contributed by atoms with Crippen molar-refractivity contribution in [2.24, 2.45) is 0 Å². The van der Waals surface area contributed by atoms with E-state index in [4.69, 9.17) is 9.84 Å². The van der Waals surface area contributed by atoms with Crippen LogP contribution < -0.4 is 0 Å². The van der Waals surface area contributed by atoms with Gasteiger partial charge >= 0.3 is 0 Å². The summed E-state index contributed by atoms with van der Waals surface area (Å²) in [7, 11) is 0. The summed E-state index contributed by atoms with van der Waals surface area (Å²) >= 11 is 0. The normalized spacial score (nSPS) is 15.0. The number of aliphatic hydroxyl groups is 1. The van der Waals surface area contributed by atoms with Gasteiger partial charge in [-0.25, -0.2) is 4.39 Å². The molecule has 0 aromatic heterocycles. The zero-order valence-electron chi connectivity index (χ0n) is 6.30. The Kier molecular flexibility index (Phi) is 4.94. The van der Waals surface area contributed by atoms with E-state index >= 15 is 0 Å². The number of allylic oxidation sites excluding steroid dienone is 2. The molecule has 10 heavy (non-hydrogen) atoms. The summed E-state index contributed by atoms with van der Waals surface area (Å²) in [6.45, 7) is 2.59. The minimum atomic E-state index is -0.698. The van der Waals surface area contributed by atoms with Gasteiger partial charge in [-0.1, -0.05) is 0 Å². The van der Waals surface area contributed by atoms with Gasteiger partial charge in [-0.05, 0) is 19.9 Å². The third-order valence-electron chi connectivity index (χ3n) is 1.13. The molecule has 3 heteroatoms. The highest BCUT2D eigenvalue weighted by atomic mass is 19.1. The lowest BCUT2D eigenvalue weighted by atomic mass is 10.4. The van der Waals surface area contributed by atoms with Gasteiger partial charge in [-0.15, -0.1) is 0 Å². The summed E-state index contributed by atoms with van der Waals surface area (Å²) in [6, 6.07) is 0. The van der Waals surface area contributed by atoms with Gasteiger partial charge in [0.2, 0.25) is 0 Å². The fourth-order valence-corrected chi connectivity index (χ4v) is 0.448. The number of halogens is 1. The van der Waals surface area contributed by atoms with Crippen LogP contribution in [0.1, 0.15) is 13.8 Å². The van der Waals surface area contributed by atoms with E-state index in [1.54, 1.807) is 19.9 Å². The second-order valence-electron chi connectivity index (χ2n) is 1.98. The lowest BCUT2D eigenvalue weighted by Crippen LogP contribution is -2.18. The molecule has 0 heterocycles. The van der Waals surface area contributed by atoms with Gasteiger partial charge in [0.25, 0.3) is 0 Å². The summed E-state index contributed by atoms with van der Waals surface area (Å²) in [5, 5.41) is 8.48. The van der Waals surface area contributed by atoms with Crippen molar-refractivity contribution in [3.8, 4) is 0 Å². The molecule has 0 aliphatic carbocycles. The molecule has 0 radical (unpaired) electrons. The summed E-state index contributed by atoms with van der Waals surface area (Å²) in [6.07, 6.45) is 1.02. The van der Waals surface area contributed by atoms with Crippen molar-refractivity contribution in [2.45, 2.75) is 20.0 Å². The molecule has 1 atom stereocenters. The van der Waals surface area contributed by atoms with E-state index in [1.165, 1.54) is 0 Å². The summed E-state index contributed by atoms with van der Waals surface area (Å²) in [5.41, 5.74) is 0. The molecule has 0 rings (SSSR count). The SMILES string of the molecule is C/C=C(\C)O[C@H](CO)CF. The zero-order chi connectivity index (χ0) is 7.98. The average Bonchev–Trinajstić information content (AvgIpc) is 1.99. The maximum absolute atomic E-state index is 11.8. The van der Waals surface area contributed by atoms with Crippen LogP contribution in [0.4, 0.5) is 4.39 Å². The van der Waals surface area contributed by atoms with Crippen molar-refractivity contribution in [1.29, 1.82) is 0 Å². The van der Waals surface area contributed by atoms with E-state index in [1.807, 2.05) is 0 Å². The van der Waals surface area contributed by atoms with Gasteiger partial charge in [0.1, 0.15) is 12.8 Å². The predicted octanol–water partition coefficient (Wildman–Crippen LogP) is 1.26. The molecule has 0 fully saturated rings. The molecule has 0 saturated carbocycles. The Morgan fingerprint density at radius 2 is 2.40 bits per heavy atom. The van der Waals surface area contributed by atoms with Gasteiger partial charge in [-0.3, -0.25) is 0 Å². The zero-order valence-corrected chi connectivity index (χ0v) is 6.30. The Balaban J connectivity index is 3.63. The van der Waals surface area contributed by atoms with Crippen molar-refractivity contribution in [2.75, 3.05) is 13.3 Å². The number of aliphatic hydroxyl groups excluding tert-OH is 1. The quantitative estimate of drug-likeness (QED) is 0.608. The second kappa shape index (κ2) is 5.23. The van der Waals surface area contributed by atoms with Crippen LogP contribution >= 0.6 is 0 Å². The van der Waals surface area contributed by atoms with Gasteiger partial charge in [0.05, 0.1) is 12.4 Å². The molecule has 0 amide bonds. The monoisotopic (exact) mass is 148 g/mol. The molecule has 0 saturated heterocycles. The highest BCUT2D eigenvalue weighted by Gasteiger charge is 2.06. The Morgan fingerprint density at radius 1 is 1.80 bits per heavy atom. The van der Waals surface area contributed by atoms with Crippen molar-refractivity contribution >= 4 is 0 Å². The van der Waals surface area contributed by atoms with E-state index < -0.39 is 12.8 Å². The maximum atomic E-state index is 11.8. The topological polar surface area (TPSA) is 29.5 Å². The molecule has 0 aliphatic rings. The molecule has 0 unspecified atom stereocenters. The maximum Gasteiger partial charge on any atom is 0.149 e. The summed E-state index contributed by atoms with van der Waals surface area (Å²) < 4.78 is 16.8. The molecule has 60 valence electrons. The van der Waals surface area contributed by atoms with E-state index in [0.717, 1.165) is 0 Å². The third-order valence-corrected chi connectivity index (χ3v) is 1.13. The molecular weight excluding hydrogens is 135 g/mol. The minimum Gasteiger partial charge on any atom is -0.490 e. The van der Waals surface area contributed by atoms with Crippen LogP contribution in [0.5, 0.6) is 0 Å². The van der Waals surface area contributed by atoms with E-state index in [0.29, 0.717) is 5.76 Å². The van der Waals surface area contributed by atoms with Gasteiger partial charge < -0.3 is 9.84 Å². The molecule has 0 bridgehead atoms. The fourth-order valence-electron chi connectivity index (χ4n) is 0.448. The lowest BCUT2D eigenvalue weighted by Gasteiger charge is -2.12. The smallest absolute Gasteiger partial charge is 0.149 e. The van der Waals surface area contributed by atoms with Crippen LogP contribution in [-0.4, -0.2) is 24.5 Å². The average molecular weight is 148 g/mol. The molecule has 0 aliphatic heterocycles.